The van der Waals surface area contributed by atoms with Crippen LogP contribution in [0.5, 0.6) is 0 Å². The molecule has 1 fully saturated rings. The van der Waals surface area contributed by atoms with E-state index in [0.717, 1.165) is 28.6 Å². The van der Waals surface area contributed by atoms with Crippen molar-refractivity contribution in [2.45, 2.75) is 219 Å². The molecular weight excluding hydrogens is 1310 g/mol. The van der Waals surface area contributed by atoms with Crippen LogP contribution in [0.4, 0.5) is 26.3 Å². The predicted octanol–water partition coefficient (Wildman–Crippen LogP) is 21.8. The molecule has 0 radical (unpaired) electrons. The molecule has 89 heavy (non-hydrogen) atoms. The zero-order valence-corrected chi connectivity index (χ0v) is 61.0. The van der Waals surface area contributed by atoms with Crippen LogP contribution in [0.3, 0.4) is 0 Å². The molecule has 2 aliphatic rings. The first kappa shape index (κ1) is 85.4. The molecule has 508 valence electrons. The SMILES string of the molecule is C/C(=C\c1csc(C)n1)[C@@H]1C/C=C(/C(F)(F)F)C/C=C/C[C@H](C)[C@H](C)[C@@H](C)C(=O)C(C)(C)[C@@H](C)CC(=O)O1.C=CC/C(=C\C[C@H](OC(=O)C[C@H](C)C(C)(C)C(=O)[C@H](C)[C@@H](C)[C@@H](C)CC=C)/C(C)=C/c1csc(C)n1)C(F)(F)F.C[CH]=[Ru]([Cl])[Cl].[CH-]1CCCC1.[CH3-]. The van der Waals surface area contributed by atoms with Crippen LogP contribution < -0.4 is 0 Å². The molecule has 0 spiro atoms. The molecule has 19 heteroatoms. The maximum absolute atomic E-state index is 13.8. The Hall–Kier alpha value is -3.63. The van der Waals surface area contributed by atoms with Crippen LogP contribution in [0.15, 0.2) is 82.7 Å². The molecule has 0 N–H and O–H groups in total. The summed E-state index contributed by atoms with van der Waals surface area (Å²) in [6.07, 6.45) is 9.71. The maximum Gasteiger partial charge on any atom is -0.0829 e. The number of aryl methyl sites for hydroxylation is 2. The van der Waals surface area contributed by atoms with Crippen molar-refractivity contribution < 1.29 is 68.5 Å². The summed E-state index contributed by atoms with van der Waals surface area (Å²) in [6, 6.07) is 0. The van der Waals surface area contributed by atoms with Gasteiger partial charge in [0, 0.05) is 70.3 Å². The number of Topliss-reactive ketones (excluding diaryl/α,β-unsaturated/α-hetero) is 2. The van der Waals surface area contributed by atoms with Crippen LogP contribution in [0.2, 0.25) is 0 Å². The van der Waals surface area contributed by atoms with Crippen molar-refractivity contribution in [1.29, 1.82) is 0 Å². The van der Waals surface area contributed by atoms with Gasteiger partial charge >= 0.3 is 68.7 Å². The average Bonchev–Trinajstić information content (AvgIpc) is 4.50. The number of allylic oxidation sites excluding steroid dienone is 6. The minimum Gasteiger partial charge on any atom is -0.358 e. The number of ether oxygens (including phenoxy) is 2. The third kappa shape index (κ3) is 30.8. The van der Waals surface area contributed by atoms with Crippen LogP contribution in [-0.2, 0) is 42.2 Å². The van der Waals surface area contributed by atoms with E-state index in [1.54, 1.807) is 38.2 Å². The van der Waals surface area contributed by atoms with E-state index in [1.165, 1.54) is 54.4 Å². The zero-order valence-electron chi connectivity index (χ0n) is 56.1. The third-order valence-electron chi connectivity index (χ3n) is 17.5. The number of ketones is 2. The number of aromatic nitrogens is 2. The molecule has 0 amide bonds. The average molecular weight is 1420 g/mol. The summed E-state index contributed by atoms with van der Waals surface area (Å²) in [7, 11) is 10.6. The van der Waals surface area contributed by atoms with E-state index >= 15 is 0 Å². The standard InChI is InChI=1S/C32H46F3NO3S.C30H42F3NO3S.C5H9.C2H4.CH3.2ClH.Ru/c1-11-13-20(3)23(6)24(7)30(38)31(9,10)22(5)18-29(37)39-28(16-15-26(14-12-2)32(33,34)35)21(4)17-27-19-40-25(8)36-27;1-18-11-9-10-12-24(30(31,32)33)13-14-26(19(2)15-25-17-38-23(6)34-25)37-27(35)16-20(3)29(7,8)28(36)22(5)21(18)4;1-2-4-5-3-1;1-2;;;;/h11-12,15,17,19-20,22-24,28H,1-2,13-14,16,18H2,3-10H3;9-10,13,15,17-18,20-22,26H,11-12,14,16H2,1-8H3;1H,2-5H2;1H,2H3;1H3;2*1H;/q;;-1;;-1;;;+2/p-2/b21-17+,26-15+;10-9+,19-15+,24-13+;;;;;;/t20-,22-,23-,24+,28-;18-,20-,21-,22+,26-;;;;;;/m00....../s1. The van der Waals surface area contributed by atoms with Gasteiger partial charge in [0.05, 0.1) is 21.4 Å². The van der Waals surface area contributed by atoms with Gasteiger partial charge in [-0.1, -0.05) is 132 Å². The molecule has 1 aliphatic carbocycles. The second kappa shape index (κ2) is 41.2. The smallest absolute Gasteiger partial charge is 0.0829 e. The monoisotopic (exact) mass is 1420 g/mol. The molecular formula is C70H104Cl2F6N2O6RuS2-2. The number of carbonyl (C=O) groups excluding carboxylic acids is 4. The number of alkyl halides is 6. The van der Waals surface area contributed by atoms with Gasteiger partial charge in [-0.25, -0.2) is 9.97 Å². The fourth-order valence-electron chi connectivity index (χ4n) is 9.96. The van der Waals surface area contributed by atoms with E-state index < -0.39 is 72.0 Å². The molecule has 1 saturated carbocycles. The molecule has 3 heterocycles. The Morgan fingerprint density at radius 2 is 1.44 bits per heavy atom. The molecule has 2 aromatic heterocycles. The van der Waals surface area contributed by atoms with E-state index in [-0.39, 0.29) is 98.9 Å². The Balaban J connectivity index is 0.00000149. The normalized spacial score (nSPS) is 22.9. The van der Waals surface area contributed by atoms with Crippen LogP contribution in [0, 0.1) is 85.9 Å². The van der Waals surface area contributed by atoms with Gasteiger partial charge < -0.3 is 23.3 Å². The first-order chi connectivity index (χ1) is 40.8. The molecule has 0 saturated heterocycles. The molecule has 4 rings (SSSR count). The van der Waals surface area contributed by atoms with Crippen molar-refractivity contribution >= 4 is 82.3 Å². The van der Waals surface area contributed by atoms with E-state index in [9.17, 15) is 45.5 Å². The number of esters is 2. The number of thiazole rings is 2. The van der Waals surface area contributed by atoms with E-state index in [2.05, 4.69) is 43.4 Å². The fourth-order valence-corrected chi connectivity index (χ4v) is 11.1. The first-order valence-corrected chi connectivity index (χ1v) is 37.7. The zero-order chi connectivity index (χ0) is 67.5. The second-order valence-corrected chi connectivity index (χ2v) is 33.1. The number of rotatable bonds is 18. The van der Waals surface area contributed by atoms with Crippen molar-refractivity contribution in [3.63, 3.8) is 0 Å². The Morgan fingerprint density at radius 1 is 0.888 bits per heavy atom. The van der Waals surface area contributed by atoms with Gasteiger partial charge in [-0.2, -0.15) is 39.2 Å². The fraction of sp³-hybridized carbons (Fsp3) is 0.614. The second-order valence-electron chi connectivity index (χ2n) is 24.8. The van der Waals surface area contributed by atoms with Gasteiger partial charge in [-0.15, -0.1) is 35.8 Å². The number of halogens is 8. The largest absolute Gasteiger partial charge is 0.358 e. The van der Waals surface area contributed by atoms with Gasteiger partial charge in [0.15, 0.2) is 0 Å². The van der Waals surface area contributed by atoms with Crippen molar-refractivity contribution in [1.82, 2.24) is 9.97 Å². The first-order valence-electron chi connectivity index (χ1n) is 30.4. The number of nitrogens with zero attached hydrogens (tertiary/aromatic N) is 2. The molecule has 8 nitrogen and oxygen atoms in total. The van der Waals surface area contributed by atoms with E-state index in [0.29, 0.717) is 34.9 Å². The van der Waals surface area contributed by atoms with Crippen LogP contribution >= 0.6 is 42.1 Å². The van der Waals surface area contributed by atoms with Crippen molar-refractivity contribution in [3.05, 3.63) is 118 Å². The summed E-state index contributed by atoms with van der Waals surface area (Å²) < 4.78 is 95.3. The Labute approximate surface area is 552 Å². The number of hydrogen-bond acceptors (Lipinski definition) is 10. The summed E-state index contributed by atoms with van der Waals surface area (Å²) in [5.41, 5.74) is -0.466. The summed E-state index contributed by atoms with van der Waals surface area (Å²) in [4.78, 5) is 61.9. The molecule has 10 atom stereocenters. The third-order valence-corrected chi connectivity index (χ3v) is 21.7. The summed E-state index contributed by atoms with van der Waals surface area (Å²) in [5, 5.41) is 5.39. The number of cyclic esters (lactones) is 1. The number of hydrogen-bond donors (Lipinski definition) is 0. The van der Waals surface area contributed by atoms with Gasteiger partial charge in [0.25, 0.3) is 0 Å². The minimum absolute atomic E-state index is 0. The summed E-state index contributed by atoms with van der Waals surface area (Å²) >= 11 is 1.55. The molecule has 1 aliphatic heterocycles. The van der Waals surface area contributed by atoms with Gasteiger partial charge in [0.2, 0.25) is 0 Å². The Morgan fingerprint density at radius 3 is 1.90 bits per heavy atom. The van der Waals surface area contributed by atoms with Crippen LogP contribution in [0.25, 0.3) is 12.2 Å². The molecule has 2 aromatic rings. The van der Waals surface area contributed by atoms with E-state index in [4.69, 9.17) is 28.9 Å². The molecule has 0 unspecified atom stereocenters. The quantitative estimate of drug-likeness (QED) is 0.0477. The van der Waals surface area contributed by atoms with Gasteiger partial charge in [0.1, 0.15) is 23.8 Å². The minimum atomic E-state index is -4.51. The predicted molar refractivity (Wildman–Crippen MR) is 359 cm³/mol. The molecule has 0 bridgehead atoms. The topological polar surface area (TPSA) is 113 Å². The summed E-state index contributed by atoms with van der Waals surface area (Å²) in [6.45, 7) is 39.4. The van der Waals surface area contributed by atoms with Gasteiger partial charge in [-0.05, 0) is 112 Å². The van der Waals surface area contributed by atoms with Crippen LogP contribution in [-0.4, -0.2) is 62.6 Å². The van der Waals surface area contributed by atoms with Crippen molar-refractivity contribution in [2.24, 2.45) is 58.2 Å². The Bertz CT molecular complexity index is 2720. The van der Waals surface area contributed by atoms with Crippen molar-refractivity contribution in [3.8, 4) is 0 Å². The summed E-state index contributed by atoms with van der Waals surface area (Å²) in [5.74, 6) is -1.49. The molecule has 0 aromatic carbocycles. The van der Waals surface area contributed by atoms with Crippen molar-refractivity contribution in [2.75, 3.05) is 0 Å². The van der Waals surface area contributed by atoms with Crippen LogP contribution in [0.1, 0.15) is 202 Å². The van der Waals surface area contributed by atoms with Gasteiger partial charge in [-0.3, -0.25) is 19.2 Å². The number of carbonyl (C=O) groups is 4. The Kier molecular flexibility index (Phi) is 39.5. The maximum atomic E-state index is 13.8. The van der Waals surface area contributed by atoms with E-state index in [1.807, 2.05) is 111 Å².